The van der Waals surface area contributed by atoms with Gasteiger partial charge in [-0.2, -0.15) is 0 Å². The summed E-state index contributed by atoms with van der Waals surface area (Å²) < 4.78 is 6.03. The van der Waals surface area contributed by atoms with Crippen molar-refractivity contribution < 1.29 is 19.4 Å². The van der Waals surface area contributed by atoms with E-state index in [4.69, 9.17) is 10.5 Å². The number of nitrogens with two attached hydrogens (primary N) is 1. The predicted octanol–water partition coefficient (Wildman–Crippen LogP) is 4.43. The first-order chi connectivity index (χ1) is 15.8. The van der Waals surface area contributed by atoms with Crippen LogP contribution in [0.5, 0.6) is 0 Å². The van der Waals surface area contributed by atoms with Crippen molar-refractivity contribution in [2.45, 2.75) is 102 Å². The minimum Gasteiger partial charge on any atom is -0.481 e. The average Bonchev–Trinajstić information content (AvgIpc) is 2.82. The number of carbonyl (C=O) groups excluding carboxylic acids is 1. The SMILES string of the molecule is CC[C@@H](CC1CCC(N[C@@H]2[C@@H](OC)Cc3ccc(C(N)=O)cc3C2(CC)CC)CC1)C(=O)O. The molecule has 0 aromatic heterocycles. The molecule has 1 amide bonds. The van der Waals surface area contributed by atoms with Crippen molar-refractivity contribution in [3.05, 3.63) is 34.9 Å². The van der Waals surface area contributed by atoms with Gasteiger partial charge in [0.25, 0.3) is 0 Å². The van der Waals surface area contributed by atoms with E-state index in [1.54, 1.807) is 7.11 Å². The summed E-state index contributed by atoms with van der Waals surface area (Å²) >= 11 is 0. The minimum absolute atomic E-state index is 0.0611. The van der Waals surface area contributed by atoms with Crippen molar-refractivity contribution in [1.29, 1.82) is 0 Å². The van der Waals surface area contributed by atoms with Gasteiger partial charge in [-0.05, 0) is 80.5 Å². The van der Waals surface area contributed by atoms with Crippen LogP contribution in [0.15, 0.2) is 18.2 Å². The molecule has 0 unspecified atom stereocenters. The Morgan fingerprint density at radius 1 is 1.18 bits per heavy atom. The molecule has 0 spiro atoms. The Kier molecular flexibility index (Phi) is 8.57. The number of rotatable bonds is 10. The lowest BCUT2D eigenvalue weighted by Gasteiger charge is -2.50. The largest absolute Gasteiger partial charge is 0.481 e. The summed E-state index contributed by atoms with van der Waals surface area (Å²) in [5.74, 6) is -0.774. The fourth-order valence-corrected chi connectivity index (χ4v) is 6.45. The number of fused-ring (bicyclic) bond motifs is 1. The third-order valence-electron chi connectivity index (χ3n) is 8.61. The molecule has 1 aromatic carbocycles. The van der Waals surface area contributed by atoms with E-state index in [-0.39, 0.29) is 29.4 Å². The molecule has 184 valence electrons. The summed E-state index contributed by atoms with van der Waals surface area (Å²) in [5.41, 5.74) is 8.53. The summed E-state index contributed by atoms with van der Waals surface area (Å²) in [6.45, 7) is 6.42. The molecule has 1 aromatic rings. The number of hydrogen-bond acceptors (Lipinski definition) is 4. The van der Waals surface area contributed by atoms with Gasteiger partial charge in [0.05, 0.1) is 12.0 Å². The zero-order valence-electron chi connectivity index (χ0n) is 20.7. The zero-order valence-corrected chi connectivity index (χ0v) is 20.7. The highest BCUT2D eigenvalue weighted by Crippen LogP contribution is 2.45. The third-order valence-corrected chi connectivity index (χ3v) is 8.61. The van der Waals surface area contributed by atoms with Crippen molar-refractivity contribution in [3.8, 4) is 0 Å². The number of methoxy groups -OCH3 is 1. The van der Waals surface area contributed by atoms with Gasteiger partial charge in [-0.1, -0.05) is 26.8 Å². The van der Waals surface area contributed by atoms with Crippen molar-refractivity contribution in [3.63, 3.8) is 0 Å². The van der Waals surface area contributed by atoms with E-state index >= 15 is 0 Å². The molecule has 4 N–H and O–H groups in total. The highest BCUT2D eigenvalue weighted by molar-refractivity contribution is 5.93. The molecule has 1 fully saturated rings. The topological polar surface area (TPSA) is 102 Å². The third kappa shape index (κ3) is 5.27. The van der Waals surface area contributed by atoms with Crippen LogP contribution in [0.3, 0.4) is 0 Å². The molecule has 0 saturated heterocycles. The number of aliphatic carboxylic acids is 1. The Hall–Kier alpha value is -1.92. The second-order valence-electron chi connectivity index (χ2n) is 10.1. The van der Waals surface area contributed by atoms with Crippen LogP contribution >= 0.6 is 0 Å². The van der Waals surface area contributed by atoms with Gasteiger partial charge in [-0.3, -0.25) is 9.59 Å². The lowest BCUT2D eigenvalue weighted by atomic mass is 9.62. The summed E-state index contributed by atoms with van der Waals surface area (Å²) in [5, 5.41) is 13.4. The zero-order chi connectivity index (χ0) is 24.2. The van der Waals surface area contributed by atoms with E-state index in [9.17, 15) is 14.7 Å². The standard InChI is InChI=1S/C27H42N2O4/c1-5-18(26(31)32)14-17-8-12-21(13-9-17)29-24-23(33-4)16-19-10-11-20(25(28)30)15-22(19)27(24,6-2)7-3/h10-11,15,17-18,21,23-24,29H,5-9,12-14,16H2,1-4H3,(H2,28,30)(H,31,32)/t17?,18-,21?,23-,24+/m0/s1. The van der Waals surface area contributed by atoms with Gasteiger partial charge >= 0.3 is 5.97 Å². The van der Waals surface area contributed by atoms with Gasteiger partial charge < -0.3 is 20.9 Å². The van der Waals surface area contributed by atoms with Crippen molar-refractivity contribution in [2.24, 2.45) is 17.6 Å². The molecule has 33 heavy (non-hydrogen) atoms. The van der Waals surface area contributed by atoms with E-state index in [0.717, 1.165) is 51.4 Å². The molecule has 3 atom stereocenters. The van der Waals surface area contributed by atoms with E-state index < -0.39 is 5.97 Å². The number of nitrogens with one attached hydrogen (secondary N) is 1. The van der Waals surface area contributed by atoms with E-state index in [1.807, 2.05) is 19.1 Å². The lowest BCUT2D eigenvalue weighted by molar-refractivity contribution is -0.142. The number of hydrogen-bond donors (Lipinski definition) is 3. The van der Waals surface area contributed by atoms with E-state index in [0.29, 0.717) is 23.9 Å². The van der Waals surface area contributed by atoms with Gasteiger partial charge in [0, 0.05) is 36.6 Å². The van der Waals surface area contributed by atoms with Crippen LogP contribution in [0.4, 0.5) is 0 Å². The summed E-state index contributed by atoms with van der Waals surface area (Å²) in [7, 11) is 1.80. The van der Waals surface area contributed by atoms with Crippen molar-refractivity contribution in [1.82, 2.24) is 5.32 Å². The van der Waals surface area contributed by atoms with Crippen LogP contribution in [0.1, 0.15) is 93.6 Å². The molecular formula is C27H42N2O4. The predicted molar refractivity (Wildman–Crippen MR) is 130 cm³/mol. The van der Waals surface area contributed by atoms with Gasteiger partial charge in [-0.25, -0.2) is 0 Å². The fourth-order valence-electron chi connectivity index (χ4n) is 6.45. The van der Waals surface area contributed by atoms with E-state index in [2.05, 4.69) is 25.2 Å². The first-order valence-electron chi connectivity index (χ1n) is 12.7. The van der Waals surface area contributed by atoms with Crippen LogP contribution in [-0.2, 0) is 21.4 Å². The quantitative estimate of drug-likeness (QED) is 0.481. The number of carboxylic acid groups (broad SMARTS) is 1. The number of carboxylic acids is 1. The molecule has 2 aliphatic rings. The summed E-state index contributed by atoms with van der Waals surface area (Å²) in [4.78, 5) is 23.4. The molecule has 6 heteroatoms. The second-order valence-corrected chi connectivity index (χ2v) is 10.1. The molecule has 0 aliphatic heterocycles. The van der Waals surface area contributed by atoms with Crippen molar-refractivity contribution in [2.75, 3.05) is 7.11 Å². The second kappa shape index (κ2) is 11.0. The molecule has 0 radical (unpaired) electrons. The number of primary amides is 1. The lowest BCUT2D eigenvalue weighted by Crippen LogP contribution is -2.61. The average molecular weight is 459 g/mol. The van der Waals surface area contributed by atoms with Gasteiger partial charge in [0.1, 0.15) is 0 Å². The number of carbonyl (C=O) groups is 2. The summed E-state index contributed by atoms with van der Waals surface area (Å²) in [6, 6.07) is 6.44. The van der Waals surface area contributed by atoms with Crippen LogP contribution in [0, 0.1) is 11.8 Å². The molecule has 2 aliphatic carbocycles. The van der Waals surface area contributed by atoms with Gasteiger partial charge in [0.2, 0.25) is 5.91 Å². The smallest absolute Gasteiger partial charge is 0.306 e. The fraction of sp³-hybridized carbons (Fsp3) is 0.704. The first-order valence-corrected chi connectivity index (χ1v) is 12.7. The van der Waals surface area contributed by atoms with Crippen molar-refractivity contribution >= 4 is 11.9 Å². The molecule has 6 nitrogen and oxygen atoms in total. The maximum absolute atomic E-state index is 11.9. The van der Waals surface area contributed by atoms with Crippen LogP contribution in [0.25, 0.3) is 0 Å². The maximum atomic E-state index is 11.9. The molecule has 0 bridgehead atoms. The first kappa shape index (κ1) is 25.7. The molecule has 0 heterocycles. The molecular weight excluding hydrogens is 416 g/mol. The highest BCUT2D eigenvalue weighted by atomic mass is 16.5. The number of ether oxygens (including phenoxy) is 1. The van der Waals surface area contributed by atoms with Crippen LogP contribution in [0.2, 0.25) is 0 Å². The van der Waals surface area contributed by atoms with Crippen LogP contribution < -0.4 is 11.1 Å². The Morgan fingerprint density at radius 3 is 2.36 bits per heavy atom. The molecule has 1 saturated carbocycles. The highest BCUT2D eigenvalue weighted by Gasteiger charge is 2.47. The Bertz CT molecular complexity index is 827. The number of amides is 1. The number of benzene rings is 1. The maximum Gasteiger partial charge on any atom is 0.306 e. The summed E-state index contributed by atoms with van der Waals surface area (Å²) in [6.07, 6.45) is 8.52. The van der Waals surface area contributed by atoms with Gasteiger partial charge in [-0.15, -0.1) is 0 Å². The monoisotopic (exact) mass is 458 g/mol. The Balaban J connectivity index is 1.79. The minimum atomic E-state index is -0.660. The normalized spacial score (nSPS) is 27.5. The Morgan fingerprint density at radius 2 is 1.85 bits per heavy atom. The Labute approximate surface area is 198 Å². The van der Waals surface area contributed by atoms with E-state index in [1.165, 1.54) is 11.1 Å². The van der Waals surface area contributed by atoms with Gasteiger partial charge in [0.15, 0.2) is 0 Å². The van der Waals surface area contributed by atoms with Crippen LogP contribution in [-0.4, -0.2) is 42.3 Å². The molecule has 3 rings (SSSR count).